The number of nitrogens with zero attached hydrogens (tertiary/aromatic N) is 1. The molecule has 0 bridgehead atoms. The molecule has 0 aromatic carbocycles. The Morgan fingerprint density at radius 2 is 1.85 bits per heavy atom. The third-order valence-corrected chi connectivity index (χ3v) is 4.60. The van der Waals surface area contributed by atoms with E-state index in [1.165, 1.54) is 25.7 Å². The van der Waals surface area contributed by atoms with Crippen molar-refractivity contribution in [1.29, 1.82) is 0 Å². The second kappa shape index (κ2) is 15.9. The topological polar surface area (TPSA) is 54.9 Å². The van der Waals surface area contributed by atoms with E-state index in [9.17, 15) is 0 Å². The van der Waals surface area contributed by atoms with Crippen LogP contribution in [0.4, 0.5) is 0 Å². The monoisotopic (exact) mass is 483 g/mol. The highest BCUT2D eigenvalue weighted by molar-refractivity contribution is 14.0. The highest BCUT2D eigenvalue weighted by atomic mass is 127. The van der Waals surface area contributed by atoms with Gasteiger partial charge in [-0.3, -0.25) is 4.99 Å². The summed E-state index contributed by atoms with van der Waals surface area (Å²) < 4.78 is 11.3. The van der Waals surface area contributed by atoms with E-state index in [1.54, 1.807) is 0 Å². The van der Waals surface area contributed by atoms with E-state index in [4.69, 9.17) is 14.5 Å². The van der Waals surface area contributed by atoms with Crippen LogP contribution in [0.2, 0.25) is 0 Å². The molecule has 1 aliphatic heterocycles. The standard InChI is InChI=1S/C20H41N3O2.HI/c1-5-7-8-12-20(3,4)17-23-19(21-6-2)22-13-9-14-25-18-10-15-24-16-11-18;/h18H,5-17H2,1-4H3,(H2,21,22,23);1H. The number of rotatable bonds is 12. The van der Waals surface area contributed by atoms with Crippen molar-refractivity contribution < 1.29 is 9.47 Å². The van der Waals surface area contributed by atoms with Gasteiger partial charge in [-0.2, -0.15) is 0 Å². The van der Waals surface area contributed by atoms with Gasteiger partial charge >= 0.3 is 0 Å². The molecule has 6 heteroatoms. The summed E-state index contributed by atoms with van der Waals surface area (Å²) >= 11 is 0. The molecule has 0 radical (unpaired) electrons. The summed E-state index contributed by atoms with van der Waals surface area (Å²) in [5.74, 6) is 0.928. The average molecular weight is 483 g/mol. The van der Waals surface area contributed by atoms with Crippen LogP contribution in [0, 0.1) is 5.41 Å². The molecule has 0 aromatic rings. The van der Waals surface area contributed by atoms with Crippen molar-refractivity contribution in [2.75, 3.05) is 39.5 Å². The van der Waals surface area contributed by atoms with E-state index in [-0.39, 0.29) is 29.4 Å². The second-order valence-electron chi connectivity index (χ2n) is 7.78. The summed E-state index contributed by atoms with van der Waals surface area (Å²) in [7, 11) is 0. The fraction of sp³-hybridized carbons (Fsp3) is 0.950. The van der Waals surface area contributed by atoms with Crippen LogP contribution in [-0.4, -0.2) is 51.5 Å². The summed E-state index contributed by atoms with van der Waals surface area (Å²) in [6.45, 7) is 14.1. The minimum Gasteiger partial charge on any atom is -0.381 e. The molecular weight excluding hydrogens is 441 g/mol. The van der Waals surface area contributed by atoms with Crippen LogP contribution >= 0.6 is 24.0 Å². The van der Waals surface area contributed by atoms with Gasteiger partial charge in [-0.25, -0.2) is 0 Å². The first-order chi connectivity index (χ1) is 12.1. The lowest BCUT2D eigenvalue weighted by atomic mass is 9.87. The fourth-order valence-electron chi connectivity index (χ4n) is 2.94. The first-order valence-electron chi connectivity index (χ1n) is 10.3. The smallest absolute Gasteiger partial charge is 0.191 e. The molecule has 1 rings (SSSR count). The van der Waals surface area contributed by atoms with Gasteiger partial charge in [0.2, 0.25) is 0 Å². The Morgan fingerprint density at radius 1 is 1.12 bits per heavy atom. The lowest BCUT2D eigenvalue weighted by molar-refractivity contribution is -0.0320. The largest absolute Gasteiger partial charge is 0.381 e. The quantitative estimate of drug-likeness (QED) is 0.188. The van der Waals surface area contributed by atoms with Crippen molar-refractivity contribution >= 4 is 29.9 Å². The van der Waals surface area contributed by atoms with Crippen LogP contribution in [0.3, 0.4) is 0 Å². The Balaban J connectivity index is 0.00000625. The van der Waals surface area contributed by atoms with Gasteiger partial charge in [0.25, 0.3) is 0 Å². The van der Waals surface area contributed by atoms with Gasteiger partial charge in [-0.05, 0) is 38.0 Å². The molecule has 156 valence electrons. The van der Waals surface area contributed by atoms with Crippen molar-refractivity contribution in [2.45, 2.75) is 78.7 Å². The summed E-state index contributed by atoms with van der Waals surface area (Å²) in [6, 6.07) is 0. The number of aliphatic imine (C=N–C) groups is 1. The zero-order valence-electron chi connectivity index (χ0n) is 17.4. The second-order valence-corrected chi connectivity index (χ2v) is 7.78. The number of nitrogens with one attached hydrogen (secondary N) is 2. The Labute approximate surface area is 178 Å². The molecular formula is C20H42IN3O2. The number of ether oxygens (including phenoxy) is 2. The molecule has 1 saturated heterocycles. The maximum Gasteiger partial charge on any atom is 0.191 e. The number of hydrogen-bond donors (Lipinski definition) is 2. The maximum atomic E-state index is 5.91. The molecule has 0 spiro atoms. The lowest BCUT2D eigenvalue weighted by Gasteiger charge is -2.23. The normalized spacial score (nSPS) is 16.2. The van der Waals surface area contributed by atoms with Crippen LogP contribution in [0.25, 0.3) is 0 Å². The summed E-state index contributed by atoms with van der Waals surface area (Å²) in [6.07, 6.45) is 8.59. The Kier molecular flexibility index (Phi) is 15.9. The van der Waals surface area contributed by atoms with Crippen LogP contribution in [0.1, 0.15) is 72.6 Å². The van der Waals surface area contributed by atoms with Crippen LogP contribution in [-0.2, 0) is 9.47 Å². The zero-order valence-corrected chi connectivity index (χ0v) is 19.8. The minimum absolute atomic E-state index is 0. The SMILES string of the molecule is CCCCCC(C)(C)CN=C(NCC)NCCCOC1CCOCC1.I. The van der Waals surface area contributed by atoms with E-state index < -0.39 is 0 Å². The molecule has 0 unspecified atom stereocenters. The number of guanidine groups is 1. The van der Waals surface area contributed by atoms with Gasteiger partial charge in [0.15, 0.2) is 5.96 Å². The van der Waals surface area contributed by atoms with Crippen molar-refractivity contribution in [1.82, 2.24) is 10.6 Å². The molecule has 0 aliphatic carbocycles. The van der Waals surface area contributed by atoms with Gasteiger partial charge in [-0.15, -0.1) is 24.0 Å². The third-order valence-electron chi connectivity index (χ3n) is 4.60. The molecule has 1 heterocycles. The lowest BCUT2D eigenvalue weighted by Crippen LogP contribution is -2.39. The molecule has 0 amide bonds. The van der Waals surface area contributed by atoms with Gasteiger partial charge in [0, 0.05) is 39.5 Å². The van der Waals surface area contributed by atoms with Crippen molar-refractivity contribution in [3.63, 3.8) is 0 Å². The molecule has 1 fully saturated rings. The summed E-state index contributed by atoms with van der Waals surface area (Å²) in [4.78, 5) is 4.79. The fourth-order valence-corrected chi connectivity index (χ4v) is 2.94. The highest BCUT2D eigenvalue weighted by Gasteiger charge is 2.17. The van der Waals surface area contributed by atoms with E-state index in [0.717, 1.165) is 64.7 Å². The molecule has 0 atom stereocenters. The number of halogens is 1. The van der Waals surface area contributed by atoms with Crippen LogP contribution < -0.4 is 10.6 Å². The first kappa shape index (κ1) is 25.9. The average Bonchev–Trinajstić information content (AvgIpc) is 2.60. The highest BCUT2D eigenvalue weighted by Crippen LogP contribution is 2.23. The van der Waals surface area contributed by atoms with Gasteiger partial charge in [0.1, 0.15) is 0 Å². The van der Waals surface area contributed by atoms with E-state index in [0.29, 0.717) is 6.10 Å². The molecule has 0 aromatic heterocycles. The van der Waals surface area contributed by atoms with Crippen LogP contribution in [0.15, 0.2) is 4.99 Å². The first-order valence-corrected chi connectivity index (χ1v) is 10.3. The maximum absolute atomic E-state index is 5.91. The third kappa shape index (κ3) is 13.1. The number of hydrogen-bond acceptors (Lipinski definition) is 3. The van der Waals surface area contributed by atoms with Gasteiger partial charge in [-0.1, -0.05) is 40.0 Å². The minimum atomic E-state index is 0. The van der Waals surface area contributed by atoms with Crippen molar-refractivity contribution in [3.05, 3.63) is 0 Å². The molecule has 0 saturated carbocycles. The number of unbranched alkanes of at least 4 members (excludes halogenated alkanes) is 2. The summed E-state index contributed by atoms with van der Waals surface area (Å²) in [5, 5.41) is 6.78. The molecule has 26 heavy (non-hydrogen) atoms. The predicted molar refractivity (Wildman–Crippen MR) is 122 cm³/mol. The van der Waals surface area contributed by atoms with Crippen LogP contribution in [0.5, 0.6) is 0 Å². The molecule has 5 nitrogen and oxygen atoms in total. The van der Waals surface area contributed by atoms with Gasteiger partial charge in [0.05, 0.1) is 6.10 Å². The summed E-state index contributed by atoms with van der Waals surface area (Å²) in [5.41, 5.74) is 0.268. The molecule has 2 N–H and O–H groups in total. The van der Waals surface area contributed by atoms with Crippen molar-refractivity contribution in [3.8, 4) is 0 Å². The van der Waals surface area contributed by atoms with E-state index >= 15 is 0 Å². The zero-order chi connectivity index (χ0) is 18.4. The Hall–Kier alpha value is -0.0800. The van der Waals surface area contributed by atoms with E-state index in [1.807, 2.05) is 0 Å². The molecule has 1 aliphatic rings. The van der Waals surface area contributed by atoms with Gasteiger partial charge < -0.3 is 20.1 Å². The van der Waals surface area contributed by atoms with Crippen molar-refractivity contribution in [2.24, 2.45) is 10.4 Å². The Morgan fingerprint density at radius 3 is 2.50 bits per heavy atom. The predicted octanol–water partition coefficient (Wildman–Crippen LogP) is 4.35. The van der Waals surface area contributed by atoms with E-state index in [2.05, 4.69) is 38.3 Å². The Bertz CT molecular complexity index is 359.